The van der Waals surface area contributed by atoms with E-state index < -0.39 is 10.0 Å². The van der Waals surface area contributed by atoms with Crippen LogP contribution in [0.1, 0.15) is 24.8 Å². The van der Waals surface area contributed by atoms with Gasteiger partial charge >= 0.3 is 0 Å². The molecule has 0 atom stereocenters. The summed E-state index contributed by atoms with van der Waals surface area (Å²) in [7, 11) is -3.07. The Balaban J connectivity index is 1.69. The summed E-state index contributed by atoms with van der Waals surface area (Å²) in [6, 6.07) is 7.20. The van der Waals surface area contributed by atoms with Crippen molar-refractivity contribution in [3.63, 3.8) is 0 Å². The van der Waals surface area contributed by atoms with Gasteiger partial charge in [-0.15, -0.1) is 0 Å². The number of carbonyl (C=O) groups excluding carboxylic acids is 1. The van der Waals surface area contributed by atoms with Gasteiger partial charge in [0.2, 0.25) is 15.9 Å². The van der Waals surface area contributed by atoms with Crippen LogP contribution in [0.4, 0.5) is 0 Å². The number of amides is 1. The SMILES string of the molecule is O=C(Cc1cccc(Cl)c1)NCCCN1CCCCS1(=O)=O. The molecular formula is C15H21ClN2O3S. The summed E-state index contributed by atoms with van der Waals surface area (Å²) in [6.07, 6.45) is 2.57. The van der Waals surface area contributed by atoms with E-state index in [9.17, 15) is 13.2 Å². The summed E-state index contributed by atoms with van der Waals surface area (Å²) in [6.45, 7) is 1.55. The highest BCUT2D eigenvalue weighted by molar-refractivity contribution is 7.89. The third kappa shape index (κ3) is 5.26. The Kier molecular flexibility index (Phi) is 6.23. The first-order valence-corrected chi connectivity index (χ1v) is 9.45. The Hall–Kier alpha value is -1.11. The average molecular weight is 345 g/mol. The van der Waals surface area contributed by atoms with Crippen LogP contribution in [0, 0.1) is 0 Å². The number of nitrogens with one attached hydrogen (secondary N) is 1. The molecule has 1 N–H and O–H groups in total. The minimum Gasteiger partial charge on any atom is -0.356 e. The summed E-state index contributed by atoms with van der Waals surface area (Å²) in [5.74, 6) is 0.164. The molecule has 5 nitrogen and oxygen atoms in total. The molecule has 0 aromatic heterocycles. The molecule has 2 rings (SSSR count). The minimum absolute atomic E-state index is 0.0798. The van der Waals surface area contributed by atoms with Crippen LogP contribution in [0.5, 0.6) is 0 Å². The fourth-order valence-electron chi connectivity index (χ4n) is 2.47. The number of hydrogen-bond acceptors (Lipinski definition) is 3. The normalized spacial score (nSPS) is 18.0. The number of sulfonamides is 1. The second kappa shape index (κ2) is 7.94. The molecule has 122 valence electrons. The zero-order chi connectivity index (χ0) is 16.0. The van der Waals surface area contributed by atoms with Gasteiger partial charge in [-0.05, 0) is 37.0 Å². The average Bonchev–Trinajstić information content (AvgIpc) is 2.44. The lowest BCUT2D eigenvalue weighted by Crippen LogP contribution is -2.39. The Morgan fingerprint density at radius 3 is 2.86 bits per heavy atom. The summed E-state index contributed by atoms with van der Waals surface area (Å²) in [5, 5.41) is 3.43. The van der Waals surface area contributed by atoms with E-state index in [1.54, 1.807) is 12.1 Å². The molecule has 0 radical (unpaired) electrons. The fourth-order valence-corrected chi connectivity index (χ4v) is 4.32. The van der Waals surface area contributed by atoms with Crippen LogP contribution < -0.4 is 5.32 Å². The molecule has 1 amide bonds. The topological polar surface area (TPSA) is 66.5 Å². The molecule has 1 saturated heterocycles. The molecule has 0 saturated carbocycles. The van der Waals surface area contributed by atoms with E-state index >= 15 is 0 Å². The monoisotopic (exact) mass is 344 g/mol. The van der Waals surface area contributed by atoms with Gasteiger partial charge in [0.1, 0.15) is 0 Å². The Morgan fingerprint density at radius 2 is 2.14 bits per heavy atom. The van der Waals surface area contributed by atoms with Gasteiger partial charge < -0.3 is 5.32 Å². The molecule has 0 spiro atoms. The fraction of sp³-hybridized carbons (Fsp3) is 0.533. The Labute approximate surface area is 136 Å². The molecule has 1 fully saturated rings. The van der Waals surface area contributed by atoms with Crippen LogP contribution in [0.3, 0.4) is 0 Å². The zero-order valence-corrected chi connectivity index (χ0v) is 14.0. The van der Waals surface area contributed by atoms with E-state index in [0.717, 1.165) is 18.4 Å². The molecule has 1 aliphatic heterocycles. The van der Waals surface area contributed by atoms with E-state index in [4.69, 9.17) is 11.6 Å². The van der Waals surface area contributed by atoms with E-state index in [1.165, 1.54) is 4.31 Å². The van der Waals surface area contributed by atoms with Crippen molar-refractivity contribution in [3.05, 3.63) is 34.9 Å². The molecule has 1 aliphatic rings. The number of hydrogen-bond donors (Lipinski definition) is 1. The number of benzene rings is 1. The van der Waals surface area contributed by atoms with Crippen LogP contribution in [-0.4, -0.2) is 44.0 Å². The molecule has 0 bridgehead atoms. The molecule has 1 heterocycles. The lowest BCUT2D eigenvalue weighted by Gasteiger charge is -2.26. The standard InChI is InChI=1S/C15H21ClN2O3S/c16-14-6-3-5-13(11-14)12-15(19)17-7-4-9-18-8-1-2-10-22(18,20)21/h3,5-6,11H,1-2,4,7-10,12H2,(H,17,19). The van der Waals surface area contributed by atoms with Crippen LogP contribution in [0.2, 0.25) is 5.02 Å². The lowest BCUT2D eigenvalue weighted by atomic mass is 10.1. The highest BCUT2D eigenvalue weighted by Gasteiger charge is 2.24. The maximum absolute atomic E-state index is 11.8. The molecule has 1 aromatic rings. The van der Waals surface area contributed by atoms with Gasteiger partial charge in [-0.3, -0.25) is 4.79 Å². The maximum atomic E-state index is 11.8. The van der Waals surface area contributed by atoms with Crippen LogP contribution in [-0.2, 0) is 21.2 Å². The van der Waals surface area contributed by atoms with Crippen molar-refractivity contribution in [3.8, 4) is 0 Å². The maximum Gasteiger partial charge on any atom is 0.224 e. The second-order valence-corrected chi connectivity index (χ2v) is 7.96. The highest BCUT2D eigenvalue weighted by Crippen LogP contribution is 2.13. The van der Waals surface area contributed by atoms with Crippen LogP contribution in [0.25, 0.3) is 0 Å². The van der Waals surface area contributed by atoms with Crippen molar-refractivity contribution < 1.29 is 13.2 Å². The molecule has 1 aromatic carbocycles. The van der Waals surface area contributed by atoms with E-state index in [-0.39, 0.29) is 18.1 Å². The van der Waals surface area contributed by atoms with Gasteiger partial charge in [0.15, 0.2) is 0 Å². The van der Waals surface area contributed by atoms with Crippen molar-refractivity contribution in [1.29, 1.82) is 0 Å². The Bertz CT molecular complexity index is 619. The number of halogens is 1. The first kappa shape index (κ1) is 17.2. The molecule has 7 heteroatoms. The van der Waals surface area contributed by atoms with Crippen molar-refractivity contribution >= 4 is 27.5 Å². The first-order chi connectivity index (χ1) is 10.5. The number of rotatable bonds is 6. The van der Waals surface area contributed by atoms with Crippen molar-refractivity contribution in [1.82, 2.24) is 9.62 Å². The largest absolute Gasteiger partial charge is 0.356 e. The van der Waals surface area contributed by atoms with E-state index in [1.807, 2.05) is 12.1 Å². The predicted molar refractivity (Wildman–Crippen MR) is 87.4 cm³/mol. The highest BCUT2D eigenvalue weighted by atomic mass is 35.5. The van der Waals surface area contributed by atoms with E-state index in [2.05, 4.69) is 5.32 Å². The quantitative estimate of drug-likeness (QED) is 0.800. The predicted octanol–water partition coefficient (Wildman–Crippen LogP) is 1.81. The summed E-state index contributed by atoms with van der Waals surface area (Å²) >= 11 is 5.87. The van der Waals surface area contributed by atoms with Crippen molar-refractivity contribution in [2.45, 2.75) is 25.7 Å². The van der Waals surface area contributed by atoms with Gasteiger partial charge in [-0.25, -0.2) is 12.7 Å². The third-order valence-corrected chi connectivity index (χ3v) is 5.80. The van der Waals surface area contributed by atoms with Gasteiger partial charge in [-0.2, -0.15) is 0 Å². The smallest absolute Gasteiger partial charge is 0.224 e. The minimum atomic E-state index is -3.07. The van der Waals surface area contributed by atoms with Crippen LogP contribution in [0.15, 0.2) is 24.3 Å². The Morgan fingerprint density at radius 1 is 1.32 bits per heavy atom. The molecule has 22 heavy (non-hydrogen) atoms. The third-order valence-electron chi connectivity index (χ3n) is 3.61. The van der Waals surface area contributed by atoms with Gasteiger partial charge in [-0.1, -0.05) is 23.7 Å². The van der Waals surface area contributed by atoms with Gasteiger partial charge in [0.05, 0.1) is 12.2 Å². The summed E-state index contributed by atoms with van der Waals surface area (Å²) in [5.41, 5.74) is 0.864. The van der Waals surface area contributed by atoms with Crippen LogP contribution >= 0.6 is 11.6 Å². The lowest BCUT2D eigenvalue weighted by molar-refractivity contribution is -0.120. The number of nitrogens with zero attached hydrogens (tertiary/aromatic N) is 1. The van der Waals surface area contributed by atoms with Crippen molar-refractivity contribution in [2.24, 2.45) is 0 Å². The van der Waals surface area contributed by atoms with Crippen molar-refractivity contribution in [2.75, 3.05) is 25.4 Å². The second-order valence-electron chi connectivity index (χ2n) is 5.43. The molecule has 0 aliphatic carbocycles. The zero-order valence-electron chi connectivity index (χ0n) is 12.4. The summed E-state index contributed by atoms with van der Waals surface area (Å²) in [4.78, 5) is 11.8. The molecular weight excluding hydrogens is 324 g/mol. The van der Waals surface area contributed by atoms with Gasteiger partial charge in [0, 0.05) is 24.7 Å². The van der Waals surface area contributed by atoms with Gasteiger partial charge in [0.25, 0.3) is 0 Å². The number of carbonyl (C=O) groups is 1. The molecule has 0 unspecified atom stereocenters. The first-order valence-electron chi connectivity index (χ1n) is 7.46. The summed E-state index contributed by atoms with van der Waals surface area (Å²) < 4.78 is 25.1. The van der Waals surface area contributed by atoms with E-state index in [0.29, 0.717) is 31.1 Å².